The number of fused-ring (bicyclic) bond motifs is 1. The molecule has 0 radical (unpaired) electrons. The number of amides is 1. The number of ether oxygens (including phenoxy) is 1. The molecule has 0 spiro atoms. The van der Waals surface area contributed by atoms with E-state index >= 15 is 0 Å². The van der Waals surface area contributed by atoms with Crippen LogP contribution >= 0.6 is 0 Å². The highest BCUT2D eigenvalue weighted by Gasteiger charge is 2.25. The predicted molar refractivity (Wildman–Crippen MR) is 109 cm³/mol. The monoisotopic (exact) mass is 373 g/mol. The largest absolute Gasteiger partial charge is 0.489 e. The van der Waals surface area contributed by atoms with Gasteiger partial charge in [-0.05, 0) is 48.9 Å². The van der Waals surface area contributed by atoms with Gasteiger partial charge in [-0.25, -0.2) is 0 Å². The zero-order valence-electron chi connectivity index (χ0n) is 15.9. The van der Waals surface area contributed by atoms with Crippen molar-refractivity contribution in [3.05, 3.63) is 90.0 Å². The van der Waals surface area contributed by atoms with Crippen molar-refractivity contribution in [2.24, 2.45) is 0 Å². The number of rotatable bonds is 5. The molecular formula is C23H23N3O2. The van der Waals surface area contributed by atoms with Crippen LogP contribution in [0.15, 0.2) is 73.2 Å². The summed E-state index contributed by atoms with van der Waals surface area (Å²) in [7, 11) is 0. The molecule has 2 aromatic heterocycles. The third-order valence-electron chi connectivity index (χ3n) is 5.05. The van der Waals surface area contributed by atoms with Crippen molar-refractivity contribution >= 4 is 12.0 Å². The number of carbonyl (C=O) groups excluding carboxylic acids is 1. The summed E-state index contributed by atoms with van der Waals surface area (Å²) in [5, 5.41) is 0. The van der Waals surface area contributed by atoms with Gasteiger partial charge in [0.25, 0.3) is 0 Å². The SMILES string of the molecule is C[C@@H]1c2cccn2CCN1C(=O)/C=C\c1ccc(OCc2cccnc2)cc1. The van der Waals surface area contributed by atoms with Gasteiger partial charge in [0.2, 0.25) is 5.91 Å². The molecule has 0 N–H and O–H groups in total. The molecule has 4 rings (SSSR count). The smallest absolute Gasteiger partial charge is 0.247 e. The van der Waals surface area contributed by atoms with Gasteiger partial charge in [0.1, 0.15) is 12.4 Å². The molecule has 1 aliphatic heterocycles. The Balaban J connectivity index is 1.35. The van der Waals surface area contributed by atoms with Gasteiger partial charge >= 0.3 is 0 Å². The van der Waals surface area contributed by atoms with E-state index in [0.717, 1.165) is 30.0 Å². The van der Waals surface area contributed by atoms with E-state index in [1.54, 1.807) is 18.5 Å². The molecule has 1 atom stereocenters. The summed E-state index contributed by atoms with van der Waals surface area (Å²) in [5.74, 6) is 0.828. The third kappa shape index (κ3) is 3.98. The lowest BCUT2D eigenvalue weighted by molar-refractivity contribution is -0.129. The zero-order valence-corrected chi connectivity index (χ0v) is 15.9. The molecule has 1 aliphatic rings. The van der Waals surface area contributed by atoms with Crippen molar-refractivity contribution in [2.75, 3.05) is 6.54 Å². The lowest BCUT2D eigenvalue weighted by Gasteiger charge is -2.34. The molecule has 3 aromatic rings. The average molecular weight is 373 g/mol. The van der Waals surface area contributed by atoms with E-state index in [1.165, 1.54) is 5.69 Å². The Hall–Kier alpha value is -3.34. The lowest BCUT2D eigenvalue weighted by Crippen LogP contribution is -2.39. The number of pyridine rings is 1. The molecule has 1 amide bonds. The van der Waals surface area contributed by atoms with Crippen LogP contribution in [0.1, 0.15) is 29.8 Å². The van der Waals surface area contributed by atoms with E-state index in [-0.39, 0.29) is 11.9 Å². The first kappa shape index (κ1) is 18.0. The van der Waals surface area contributed by atoms with Crippen LogP contribution in [0.2, 0.25) is 0 Å². The van der Waals surface area contributed by atoms with E-state index in [9.17, 15) is 4.79 Å². The number of hydrogen-bond acceptors (Lipinski definition) is 3. The molecule has 0 saturated heterocycles. The van der Waals surface area contributed by atoms with Gasteiger partial charge < -0.3 is 14.2 Å². The summed E-state index contributed by atoms with van der Waals surface area (Å²) < 4.78 is 7.98. The molecule has 0 unspecified atom stereocenters. The van der Waals surface area contributed by atoms with Gasteiger partial charge in [0, 0.05) is 49.0 Å². The minimum Gasteiger partial charge on any atom is -0.489 e. The van der Waals surface area contributed by atoms with Crippen molar-refractivity contribution < 1.29 is 9.53 Å². The quantitative estimate of drug-likeness (QED) is 0.633. The Bertz CT molecular complexity index is 961. The Morgan fingerprint density at radius 2 is 2.04 bits per heavy atom. The zero-order chi connectivity index (χ0) is 19.3. The molecule has 0 aliphatic carbocycles. The van der Waals surface area contributed by atoms with Crippen LogP contribution in [0, 0.1) is 0 Å². The highest BCUT2D eigenvalue weighted by Crippen LogP contribution is 2.25. The van der Waals surface area contributed by atoms with Crippen LogP contribution < -0.4 is 4.74 Å². The maximum atomic E-state index is 12.6. The fraction of sp³-hybridized carbons (Fsp3) is 0.217. The van der Waals surface area contributed by atoms with Crippen LogP contribution in [-0.4, -0.2) is 26.9 Å². The van der Waals surface area contributed by atoms with Gasteiger partial charge in [0.05, 0.1) is 6.04 Å². The fourth-order valence-corrected chi connectivity index (χ4v) is 3.47. The van der Waals surface area contributed by atoms with Crippen molar-refractivity contribution in [2.45, 2.75) is 26.1 Å². The first-order valence-electron chi connectivity index (χ1n) is 9.46. The van der Waals surface area contributed by atoms with Crippen molar-refractivity contribution in [3.63, 3.8) is 0 Å². The second-order valence-electron chi connectivity index (χ2n) is 6.89. The molecule has 142 valence electrons. The molecule has 0 saturated carbocycles. The number of aromatic nitrogens is 2. The molecule has 3 heterocycles. The molecule has 28 heavy (non-hydrogen) atoms. The standard InChI is InChI=1S/C23H23N3O2/c1-18-22-5-3-13-25(22)14-15-26(18)23(27)11-8-19-6-9-21(10-7-19)28-17-20-4-2-12-24-16-20/h2-13,16,18H,14-15,17H2,1H3/b11-8-/t18-/m1/s1. The molecular weight excluding hydrogens is 350 g/mol. The van der Waals surface area contributed by atoms with Crippen molar-refractivity contribution in [1.82, 2.24) is 14.5 Å². The topological polar surface area (TPSA) is 47.4 Å². The van der Waals surface area contributed by atoms with Crippen LogP contribution in [0.3, 0.4) is 0 Å². The van der Waals surface area contributed by atoms with E-state index in [1.807, 2.05) is 53.4 Å². The first-order chi connectivity index (χ1) is 13.7. The molecule has 0 bridgehead atoms. The second kappa shape index (κ2) is 8.13. The Kier molecular flexibility index (Phi) is 5.24. The molecule has 0 fully saturated rings. The third-order valence-corrected chi connectivity index (χ3v) is 5.05. The number of carbonyl (C=O) groups is 1. The van der Waals surface area contributed by atoms with E-state index in [2.05, 4.69) is 28.7 Å². The van der Waals surface area contributed by atoms with Gasteiger partial charge in [0.15, 0.2) is 0 Å². The van der Waals surface area contributed by atoms with Crippen molar-refractivity contribution in [3.8, 4) is 5.75 Å². The summed E-state index contributed by atoms with van der Waals surface area (Å²) in [6.07, 6.45) is 9.12. The minimum atomic E-state index is 0.0388. The maximum Gasteiger partial charge on any atom is 0.247 e. The summed E-state index contributed by atoms with van der Waals surface area (Å²) in [6, 6.07) is 15.8. The molecule has 5 nitrogen and oxygen atoms in total. The minimum absolute atomic E-state index is 0.0388. The first-order valence-corrected chi connectivity index (χ1v) is 9.46. The highest BCUT2D eigenvalue weighted by molar-refractivity contribution is 5.92. The van der Waals surface area contributed by atoms with Gasteiger partial charge in [-0.15, -0.1) is 0 Å². The van der Waals surface area contributed by atoms with Crippen LogP contribution in [-0.2, 0) is 17.9 Å². The fourth-order valence-electron chi connectivity index (χ4n) is 3.47. The summed E-state index contributed by atoms with van der Waals surface area (Å²) >= 11 is 0. The highest BCUT2D eigenvalue weighted by atomic mass is 16.5. The van der Waals surface area contributed by atoms with E-state index in [4.69, 9.17) is 4.74 Å². The van der Waals surface area contributed by atoms with Gasteiger partial charge in [-0.1, -0.05) is 18.2 Å². The number of hydrogen-bond donors (Lipinski definition) is 0. The lowest BCUT2D eigenvalue weighted by atomic mass is 10.1. The van der Waals surface area contributed by atoms with E-state index in [0.29, 0.717) is 6.61 Å². The number of benzene rings is 1. The van der Waals surface area contributed by atoms with Gasteiger partial charge in [-0.2, -0.15) is 0 Å². The normalized spacial score (nSPS) is 16.2. The van der Waals surface area contributed by atoms with E-state index < -0.39 is 0 Å². The van der Waals surface area contributed by atoms with Crippen LogP contribution in [0.25, 0.3) is 6.08 Å². The summed E-state index contributed by atoms with van der Waals surface area (Å²) in [5.41, 5.74) is 3.18. The summed E-state index contributed by atoms with van der Waals surface area (Å²) in [4.78, 5) is 18.6. The number of nitrogens with zero attached hydrogens (tertiary/aromatic N) is 3. The van der Waals surface area contributed by atoms with Gasteiger partial charge in [-0.3, -0.25) is 9.78 Å². The summed E-state index contributed by atoms with van der Waals surface area (Å²) in [6.45, 7) is 4.13. The molecule has 1 aromatic carbocycles. The maximum absolute atomic E-state index is 12.6. The average Bonchev–Trinajstić information content (AvgIpc) is 3.22. The Labute approximate surface area is 164 Å². The molecule has 5 heteroatoms. The van der Waals surface area contributed by atoms with Crippen LogP contribution in [0.4, 0.5) is 0 Å². The van der Waals surface area contributed by atoms with Crippen LogP contribution in [0.5, 0.6) is 5.75 Å². The Morgan fingerprint density at radius 3 is 2.82 bits per heavy atom. The Morgan fingerprint density at radius 1 is 1.18 bits per heavy atom. The van der Waals surface area contributed by atoms with Crippen molar-refractivity contribution in [1.29, 1.82) is 0 Å². The predicted octanol–water partition coefficient (Wildman–Crippen LogP) is 4.08. The second-order valence-corrected chi connectivity index (χ2v) is 6.89.